The number of hydrazine groups is 3. The van der Waals surface area contributed by atoms with Crippen LogP contribution in [0.25, 0.3) is 16.9 Å². The van der Waals surface area contributed by atoms with Crippen LogP contribution in [-0.2, 0) is 0 Å². The maximum Gasteiger partial charge on any atom is 0.255 e. The van der Waals surface area contributed by atoms with Crippen molar-refractivity contribution in [2.75, 3.05) is 11.7 Å². The smallest absolute Gasteiger partial charge is 0.246 e. The highest BCUT2D eigenvalue weighted by atomic mass is 35.5. The van der Waals surface area contributed by atoms with E-state index in [1.54, 1.807) is 0 Å². The summed E-state index contributed by atoms with van der Waals surface area (Å²) >= 11 is 6.07. The minimum Gasteiger partial charge on any atom is -0.246 e. The lowest BCUT2D eigenvalue weighted by atomic mass is 10.1. The number of alkyl halides is 1. The van der Waals surface area contributed by atoms with Crippen LogP contribution in [0.3, 0.4) is 0 Å². The van der Waals surface area contributed by atoms with Crippen LogP contribution >= 0.6 is 11.6 Å². The first-order chi connectivity index (χ1) is 14.5. The monoisotopic (exact) mass is 468 g/mol. The molecule has 0 saturated carbocycles. The molecule has 2 heterocycles. The molecule has 0 amide bonds. The summed E-state index contributed by atoms with van der Waals surface area (Å²) in [5, 5.41) is 3.32. The van der Waals surface area contributed by atoms with Gasteiger partial charge in [-0.15, -0.1) is 0 Å². The molecular formula is C16H15ClF6N8. The van der Waals surface area contributed by atoms with Gasteiger partial charge in [0.1, 0.15) is 40.6 Å². The van der Waals surface area contributed by atoms with Crippen LogP contribution < -0.4 is 11.0 Å². The summed E-state index contributed by atoms with van der Waals surface area (Å²) in [7, 11) is 0. The topological polar surface area (TPSA) is 78.8 Å². The molecular weight excluding hydrogens is 454 g/mol. The number of rotatable bonds is 7. The molecule has 0 bridgehead atoms. The van der Waals surface area contributed by atoms with E-state index in [-0.39, 0.29) is 16.0 Å². The first-order valence-electron chi connectivity index (χ1n) is 8.65. The van der Waals surface area contributed by atoms with E-state index in [2.05, 4.69) is 15.1 Å². The maximum absolute atomic E-state index is 14.5. The van der Waals surface area contributed by atoms with Gasteiger partial charge in [-0.3, -0.25) is 0 Å². The lowest BCUT2D eigenvalue weighted by molar-refractivity contribution is -0.310. The van der Waals surface area contributed by atoms with Gasteiger partial charge in [0.2, 0.25) is 0 Å². The minimum absolute atomic E-state index is 0.0414. The molecule has 1 aromatic carbocycles. The predicted octanol–water partition coefficient (Wildman–Crippen LogP) is 3.74. The van der Waals surface area contributed by atoms with E-state index in [0.717, 1.165) is 10.8 Å². The zero-order chi connectivity index (χ0) is 23.0. The molecule has 0 fully saturated rings. The van der Waals surface area contributed by atoms with Crippen LogP contribution in [0.5, 0.6) is 0 Å². The van der Waals surface area contributed by atoms with E-state index in [0.29, 0.717) is 12.1 Å². The molecule has 3 aromatic rings. The molecule has 0 aliphatic carbocycles. The third-order valence-corrected chi connectivity index (χ3v) is 4.59. The number of anilines is 1. The lowest BCUT2D eigenvalue weighted by Crippen LogP contribution is -2.55. The second-order valence-electron chi connectivity index (χ2n) is 6.69. The van der Waals surface area contributed by atoms with Gasteiger partial charge in [-0.2, -0.15) is 19.6 Å². The van der Waals surface area contributed by atoms with Crippen LogP contribution in [-0.4, -0.2) is 42.9 Å². The molecule has 1 atom stereocenters. The second-order valence-corrected chi connectivity index (χ2v) is 7.05. The largest absolute Gasteiger partial charge is 0.255 e. The Labute approximate surface area is 176 Å². The van der Waals surface area contributed by atoms with Crippen molar-refractivity contribution in [3.05, 3.63) is 41.1 Å². The molecule has 15 heteroatoms. The zero-order valence-electron chi connectivity index (χ0n) is 15.9. The number of fused-ring (bicyclic) bond motifs is 1. The van der Waals surface area contributed by atoms with E-state index in [1.807, 2.05) is 0 Å². The Balaban J connectivity index is 2.28. The van der Waals surface area contributed by atoms with Gasteiger partial charge in [0.15, 0.2) is 5.82 Å². The van der Waals surface area contributed by atoms with Gasteiger partial charge < -0.3 is 0 Å². The molecule has 0 spiro atoms. The number of halogens is 7. The molecule has 3 rings (SSSR count). The number of nitrogens with two attached hydrogens (primary N) is 1. The van der Waals surface area contributed by atoms with Crippen molar-refractivity contribution in [2.45, 2.75) is 20.0 Å². The van der Waals surface area contributed by atoms with Gasteiger partial charge in [-0.1, -0.05) is 39.5 Å². The van der Waals surface area contributed by atoms with E-state index >= 15 is 0 Å². The fourth-order valence-corrected chi connectivity index (χ4v) is 2.96. The molecule has 2 N–H and O–H groups in total. The Morgan fingerprint density at radius 1 is 1.13 bits per heavy atom. The maximum atomic E-state index is 14.5. The molecule has 168 valence electrons. The highest BCUT2D eigenvalue weighted by Gasteiger charge is 2.33. The summed E-state index contributed by atoms with van der Waals surface area (Å²) in [5.41, 5.74) is -3.07. The Morgan fingerprint density at radius 2 is 1.74 bits per heavy atom. The van der Waals surface area contributed by atoms with Crippen LogP contribution in [0.2, 0.25) is 5.15 Å². The summed E-state index contributed by atoms with van der Waals surface area (Å²) < 4.78 is 84.6. The SMILES string of the molecule is CC(C)C(F)CN(N(F)F)N(N)c1c(-c2c(F)cc(F)cc2F)c(Cl)nc2ncnn12. The molecule has 8 nitrogen and oxygen atoms in total. The summed E-state index contributed by atoms with van der Waals surface area (Å²) in [6.45, 7) is 1.97. The molecule has 0 radical (unpaired) electrons. The van der Waals surface area contributed by atoms with Gasteiger partial charge in [-0.05, 0) is 5.92 Å². The zero-order valence-corrected chi connectivity index (χ0v) is 16.7. The Bertz CT molecular complexity index is 1070. The Morgan fingerprint density at radius 3 is 2.29 bits per heavy atom. The average molecular weight is 469 g/mol. The summed E-state index contributed by atoms with van der Waals surface area (Å²) in [4.78, 5) is 7.55. The third kappa shape index (κ3) is 4.37. The molecule has 31 heavy (non-hydrogen) atoms. The molecule has 0 aliphatic heterocycles. The standard InChI is InChI=1S/C16H15ClF6N8/c1-7(2)11(21)5-28(31(22)23)30(24)15-13(12-9(19)3-8(18)4-10(12)20)14(17)27-16-25-6-26-29(15)16/h3-4,6-7,11H,5,24H2,1-2H3. The highest BCUT2D eigenvalue weighted by molar-refractivity contribution is 6.33. The minimum atomic E-state index is -1.77. The van der Waals surface area contributed by atoms with Crippen molar-refractivity contribution in [1.82, 2.24) is 30.2 Å². The normalized spacial score (nSPS) is 13.1. The number of hydrogen-bond acceptors (Lipinski definition) is 7. The van der Waals surface area contributed by atoms with Crippen molar-refractivity contribution in [2.24, 2.45) is 11.8 Å². The van der Waals surface area contributed by atoms with Crippen LogP contribution in [0.1, 0.15) is 13.8 Å². The quantitative estimate of drug-likeness (QED) is 0.186. The van der Waals surface area contributed by atoms with E-state index < -0.39 is 63.6 Å². The fourth-order valence-electron chi connectivity index (χ4n) is 2.71. The average Bonchev–Trinajstić information content (AvgIpc) is 3.12. The van der Waals surface area contributed by atoms with Crippen LogP contribution in [0.4, 0.5) is 32.3 Å². The van der Waals surface area contributed by atoms with Gasteiger partial charge >= 0.3 is 0 Å². The van der Waals surface area contributed by atoms with Crippen molar-refractivity contribution in [3.63, 3.8) is 0 Å². The molecule has 0 saturated heterocycles. The fraction of sp³-hybridized carbons (Fsp3) is 0.312. The number of benzene rings is 1. The van der Waals surface area contributed by atoms with Gasteiger partial charge in [0.25, 0.3) is 5.78 Å². The summed E-state index contributed by atoms with van der Waals surface area (Å²) in [6.07, 6.45) is -0.817. The third-order valence-electron chi connectivity index (χ3n) is 4.32. The highest BCUT2D eigenvalue weighted by Crippen LogP contribution is 2.39. The van der Waals surface area contributed by atoms with Crippen molar-refractivity contribution in [1.29, 1.82) is 0 Å². The van der Waals surface area contributed by atoms with E-state index in [9.17, 15) is 26.5 Å². The van der Waals surface area contributed by atoms with Crippen molar-refractivity contribution < 1.29 is 26.5 Å². The predicted molar refractivity (Wildman–Crippen MR) is 98.3 cm³/mol. The molecule has 0 aliphatic rings. The van der Waals surface area contributed by atoms with Crippen LogP contribution in [0.15, 0.2) is 18.5 Å². The van der Waals surface area contributed by atoms with Gasteiger partial charge in [0, 0.05) is 12.1 Å². The van der Waals surface area contributed by atoms with Crippen molar-refractivity contribution >= 4 is 23.2 Å². The second kappa shape index (κ2) is 8.82. The summed E-state index contributed by atoms with van der Waals surface area (Å²) in [6, 6.07) is 0.714. The Kier molecular flexibility index (Phi) is 6.54. The molecule has 2 aromatic heterocycles. The molecule has 1 unspecified atom stereocenters. The lowest BCUT2D eigenvalue weighted by Gasteiger charge is -2.33. The number of nitrogens with zero attached hydrogens (tertiary/aromatic N) is 7. The van der Waals surface area contributed by atoms with Gasteiger partial charge in [-0.25, -0.2) is 28.5 Å². The van der Waals surface area contributed by atoms with Crippen molar-refractivity contribution in [3.8, 4) is 11.1 Å². The number of hydrogen-bond donors (Lipinski definition) is 1. The Hall–Kier alpha value is -2.68. The first kappa shape index (κ1) is 23.0. The number of aromatic nitrogens is 4. The van der Waals surface area contributed by atoms with E-state index in [1.165, 1.54) is 13.8 Å². The summed E-state index contributed by atoms with van der Waals surface area (Å²) in [5.74, 6) is 0.229. The van der Waals surface area contributed by atoms with Crippen LogP contribution in [0, 0.1) is 23.4 Å². The van der Waals surface area contributed by atoms with Gasteiger partial charge in [0.05, 0.1) is 17.7 Å². The first-order valence-corrected chi connectivity index (χ1v) is 9.02. The van der Waals surface area contributed by atoms with E-state index in [4.69, 9.17) is 17.4 Å².